The minimum atomic E-state index is 0.774. The lowest BCUT2D eigenvalue weighted by Crippen LogP contribution is -1.99. The van der Waals surface area contributed by atoms with Crippen molar-refractivity contribution in [2.45, 2.75) is 6.42 Å². The number of rotatable bonds is 0. The highest BCUT2D eigenvalue weighted by molar-refractivity contribution is 5.79. The largest absolute Gasteiger partial charge is 0.450 e. The Morgan fingerprint density at radius 3 is 2.05 bits per heavy atom. The van der Waals surface area contributed by atoms with Crippen molar-refractivity contribution < 1.29 is 9.47 Å². The first-order valence-corrected chi connectivity index (χ1v) is 7.08. The van der Waals surface area contributed by atoms with Crippen molar-refractivity contribution >= 4 is 0 Å². The van der Waals surface area contributed by atoms with Gasteiger partial charge in [0.1, 0.15) is 0 Å². The number of hydrogen-bond acceptors (Lipinski definition) is 2. The molecule has 1 heterocycles. The van der Waals surface area contributed by atoms with E-state index in [1.165, 1.54) is 22.3 Å². The number of para-hydroxylation sites is 2. The van der Waals surface area contributed by atoms with Gasteiger partial charge in [-0.1, -0.05) is 36.4 Å². The van der Waals surface area contributed by atoms with Crippen LogP contribution in [0, 0.1) is 0 Å². The van der Waals surface area contributed by atoms with Crippen molar-refractivity contribution in [2.24, 2.45) is 0 Å². The van der Waals surface area contributed by atoms with E-state index in [4.69, 9.17) is 9.47 Å². The summed E-state index contributed by atoms with van der Waals surface area (Å²) in [6, 6.07) is 20.5. The molecule has 21 heavy (non-hydrogen) atoms. The van der Waals surface area contributed by atoms with Gasteiger partial charge < -0.3 is 9.47 Å². The van der Waals surface area contributed by atoms with Crippen LogP contribution in [0.4, 0.5) is 0 Å². The summed E-state index contributed by atoms with van der Waals surface area (Å²) in [6.45, 7) is 0. The van der Waals surface area contributed by atoms with E-state index in [-0.39, 0.29) is 0 Å². The molecule has 0 aromatic heterocycles. The molecule has 5 rings (SSSR count). The molecule has 0 unspecified atom stereocenters. The smallest absolute Gasteiger partial charge is 0.170 e. The van der Waals surface area contributed by atoms with Gasteiger partial charge in [0.15, 0.2) is 23.0 Å². The molecular weight excluding hydrogens is 260 g/mol. The Morgan fingerprint density at radius 2 is 1.24 bits per heavy atom. The Labute approximate surface area is 122 Å². The van der Waals surface area contributed by atoms with E-state index < -0.39 is 0 Å². The summed E-state index contributed by atoms with van der Waals surface area (Å²) >= 11 is 0. The van der Waals surface area contributed by atoms with Crippen LogP contribution in [0.2, 0.25) is 0 Å². The van der Waals surface area contributed by atoms with Crippen LogP contribution < -0.4 is 9.47 Å². The summed E-state index contributed by atoms with van der Waals surface area (Å²) in [5.41, 5.74) is 5.23. The second-order valence-electron chi connectivity index (χ2n) is 5.44. The molecule has 0 atom stereocenters. The topological polar surface area (TPSA) is 18.5 Å². The second kappa shape index (κ2) is 3.89. The first-order valence-electron chi connectivity index (χ1n) is 7.08. The summed E-state index contributed by atoms with van der Waals surface area (Å²) in [4.78, 5) is 0. The fourth-order valence-electron chi connectivity index (χ4n) is 3.16. The zero-order valence-electron chi connectivity index (χ0n) is 11.3. The average molecular weight is 272 g/mol. The molecule has 2 heteroatoms. The van der Waals surface area contributed by atoms with E-state index in [2.05, 4.69) is 36.4 Å². The molecule has 0 bridgehead atoms. The molecule has 3 aromatic rings. The second-order valence-corrected chi connectivity index (χ2v) is 5.44. The van der Waals surface area contributed by atoms with Crippen LogP contribution in [0.3, 0.4) is 0 Å². The van der Waals surface area contributed by atoms with Crippen LogP contribution in [-0.4, -0.2) is 0 Å². The summed E-state index contributed by atoms with van der Waals surface area (Å²) in [7, 11) is 0. The van der Waals surface area contributed by atoms with Crippen LogP contribution >= 0.6 is 0 Å². The van der Waals surface area contributed by atoms with Gasteiger partial charge in [-0.05, 0) is 52.9 Å². The molecule has 0 radical (unpaired) electrons. The van der Waals surface area contributed by atoms with Crippen molar-refractivity contribution in [2.75, 3.05) is 0 Å². The molecule has 2 nitrogen and oxygen atoms in total. The molecule has 3 aromatic carbocycles. The molecule has 0 spiro atoms. The van der Waals surface area contributed by atoms with Crippen LogP contribution in [0.1, 0.15) is 11.1 Å². The number of hydrogen-bond donors (Lipinski definition) is 0. The lowest BCUT2D eigenvalue weighted by atomic mass is 10.0. The summed E-state index contributed by atoms with van der Waals surface area (Å²) in [5, 5.41) is 0. The number of ether oxygens (including phenoxy) is 2. The van der Waals surface area contributed by atoms with E-state index >= 15 is 0 Å². The zero-order valence-corrected chi connectivity index (χ0v) is 11.3. The van der Waals surface area contributed by atoms with Crippen molar-refractivity contribution in [3.63, 3.8) is 0 Å². The van der Waals surface area contributed by atoms with Crippen LogP contribution in [-0.2, 0) is 6.42 Å². The van der Waals surface area contributed by atoms with Crippen LogP contribution in [0.25, 0.3) is 11.1 Å². The number of fused-ring (bicyclic) bond motifs is 5. The minimum absolute atomic E-state index is 0.774. The fourth-order valence-corrected chi connectivity index (χ4v) is 3.16. The highest BCUT2D eigenvalue weighted by atomic mass is 16.6. The first-order chi connectivity index (χ1) is 10.4. The minimum Gasteiger partial charge on any atom is -0.450 e. The maximum absolute atomic E-state index is 5.99. The Hall–Kier alpha value is -2.74. The molecule has 0 saturated carbocycles. The van der Waals surface area contributed by atoms with Crippen LogP contribution in [0.5, 0.6) is 23.0 Å². The van der Waals surface area contributed by atoms with Gasteiger partial charge in [-0.3, -0.25) is 0 Å². The molecule has 0 amide bonds. The Morgan fingerprint density at radius 1 is 0.571 bits per heavy atom. The van der Waals surface area contributed by atoms with E-state index in [0.717, 1.165) is 29.4 Å². The van der Waals surface area contributed by atoms with Crippen molar-refractivity contribution in [3.05, 3.63) is 71.8 Å². The Kier molecular flexibility index (Phi) is 2.03. The standard InChI is InChI=1S/C19H12O2/c1-2-6-14-12(5-1)9-13-10-18-19(11-15(13)14)21-17-8-4-3-7-16(17)20-18/h1-8,10-11H,9H2. The molecule has 100 valence electrons. The van der Waals surface area contributed by atoms with Gasteiger partial charge in [0, 0.05) is 0 Å². The highest BCUT2D eigenvalue weighted by Gasteiger charge is 2.25. The molecule has 0 saturated heterocycles. The van der Waals surface area contributed by atoms with E-state index in [1.54, 1.807) is 0 Å². The molecule has 0 N–H and O–H groups in total. The van der Waals surface area contributed by atoms with Gasteiger partial charge in [0.25, 0.3) is 0 Å². The summed E-state index contributed by atoms with van der Waals surface area (Å²) in [6.07, 6.45) is 0.962. The zero-order chi connectivity index (χ0) is 13.8. The first kappa shape index (κ1) is 11.0. The number of benzene rings is 3. The van der Waals surface area contributed by atoms with Gasteiger partial charge in [0.05, 0.1) is 0 Å². The molecule has 1 aliphatic carbocycles. The quantitative estimate of drug-likeness (QED) is 0.388. The summed E-state index contributed by atoms with van der Waals surface area (Å²) < 4.78 is 12.0. The van der Waals surface area contributed by atoms with E-state index in [1.807, 2.05) is 24.3 Å². The van der Waals surface area contributed by atoms with Crippen LogP contribution in [0.15, 0.2) is 60.7 Å². The Bertz CT molecular complexity index is 880. The third-order valence-electron chi connectivity index (χ3n) is 4.15. The van der Waals surface area contributed by atoms with E-state index in [0.29, 0.717) is 0 Å². The normalized spacial score (nSPS) is 13.3. The lowest BCUT2D eigenvalue weighted by Gasteiger charge is -2.21. The van der Waals surface area contributed by atoms with Gasteiger partial charge in [-0.25, -0.2) is 0 Å². The van der Waals surface area contributed by atoms with Crippen molar-refractivity contribution in [3.8, 4) is 34.1 Å². The molecule has 1 aliphatic heterocycles. The van der Waals surface area contributed by atoms with E-state index in [9.17, 15) is 0 Å². The third kappa shape index (κ3) is 1.53. The predicted octanol–water partition coefficient (Wildman–Crippen LogP) is 5.16. The molecule has 0 fully saturated rings. The van der Waals surface area contributed by atoms with Gasteiger partial charge in [-0.2, -0.15) is 0 Å². The average Bonchev–Trinajstić information content (AvgIpc) is 2.88. The predicted molar refractivity (Wildman–Crippen MR) is 81.3 cm³/mol. The monoisotopic (exact) mass is 272 g/mol. The van der Waals surface area contributed by atoms with Gasteiger partial charge in [0.2, 0.25) is 0 Å². The SMILES string of the molecule is c1ccc2c(c1)Cc1cc3c(cc1-2)Oc1ccccc1O3. The van der Waals surface area contributed by atoms with Gasteiger partial charge in [-0.15, -0.1) is 0 Å². The maximum Gasteiger partial charge on any atom is 0.170 e. The summed E-state index contributed by atoms with van der Waals surface area (Å²) in [5.74, 6) is 3.15. The maximum atomic E-state index is 5.99. The highest BCUT2D eigenvalue weighted by Crippen LogP contribution is 2.49. The van der Waals surface area contributed by atoms with Crippen molar-refractivity contribution in [1.29, 1.82) is 0 Å². The molecular formula is C19H12O2. The van der Waals surface area contributed by atoms with Gasteiger partial charge >= 0.3 is 0 Å². The lowest BCUT2D eigenvalue weighted by molar-refractivity contribution is 0.359. The Balaban J connectivity index is 1.68. The third-order valence-corrected chi connectivity index (χ3v) is 4.15. The molecule has 2 aliphatic rings. The van der Waals surface area contributed by atoms with Crippen molar-refractivity contribution in [1.82, 2.24) is 0 Å². The fraction of sp³-hybridized carbons (Fsp3) is 0.0526.